The highest BCUT2D eigenvalue weighted by atomic mass is 16.5. The lowest BCUT2D eigenvalue weighted by Gasteiger charge is -2.26. The van der Waals surface area contributed by atoms with Gasteiger partial charge in [0.05, 0.1) is 6.61 Å². The summed E-state index contributed by atoms with van der Waals surface area (Å²) < 4.78 is 5.46. The number of fused-ring (bicyclic) bond motifs is 1. The Balaban J connectivity index is 1.58. The van der Waals surface area contributed by atoms with Crippen LogP contribution in [-0.2, 0) is 17.6 Å². The molecule has 0 radical (unpaired) electrons. The molecule has 0 aliphatic heterocycles. The molecule has 2 aliphatic rings. The molecule has 3 N–H and O–H groups in total. The highest BCUT2D eigenvalue weighted by Gasteiger charge is 2.36. The molecule has 2 aliphatic carbocycles. The van der Waals surface area contributed by atoms with Crippen LogP contribution < -0.4 is 5.73 Å². The Kier molecular flexibility index (Phi) is 5.96. The summed E-state index contributed by atoms with van der Waals surface area (Å²) in [5.41, 5.74) is 10.4. The largest absolute Gasteiger partial charge is 0.394 e. The first-order chi connectivity index (χ1) is 11.6. The molecule has 0 aromatic heterocycles. The van der Waals surface area contributed by atoms with E-state index >= 15 is 0 Å². The molecule has 24 heavy (non-hydrogen) atoms. The Labute approximate surface area is 146 Å². The summed E-state index contributed by atoms with van der Waals surface area (Å²) >= 11 is 0. The topological polar surface area (TPSA) is 55.5 Å². The quantitative estimate of drug-likeness (QED) is 0.751. The van der Waals surface area contributed by atoms with E-state index in [1.165, 1.54) is 37.7 Å². The zero-order valence-corrected chi connectivity index (χ0v) is 15.1. The van der Waals surface area contributed by atoms with Crippen LogP contribution in [-0.4, -0.2) is 30.5 Å². The molecule has 3 atom stereocenters. The van der Waals surface area contributed by atoms with Crippen molar-refractivity contribution in [1.29, 1.82) is 0 Å². The van der Waals surface area contributed by atoms with Crippen LogP contribution >= 0.6 is 0 Å². The maximum absolute atomic E-state index is 9.48. The maximum Gasteiger partial charge on any atom is 0.0611 e. The summed E-state index contributed by atoms with van der Waals surface area (Å²) in [6, 6.07) is 7.10. The Morgan fingerprint density at radius 2 is 2.17 bits per heavy atom. The number of aliphatic hydroxyl groups is 1. The summed E-state index contributed by atoms with van der Waals surface area (Å²) in [7, 11) is 0. The minimum absolute atomic E-state index is 0.109. The van der Waals surface area contributed by atoms with Crippen LogP contribution in [0.4, 0.5) is 0 Å². The van der Waals surface area contributed by atoms with Gasteiger partial charge in [-0.1, -0.05) is 18.2 Å². The predicted octanol–water partition coefficient (Wildman–Crippen LogP) is 3.57. The summed E-state index contributed by atoms with van der Waals surface area (Å²) in [6.07, 6.45) is 9.19. The second-order valence-electron chi connectivity index (χ2n) is 7.94. The van der Waals surface area contributed by atoms with Crippen molar-refractivity contribution in [2.75, 3.05) is 19.8 Å². The molecule has 0 heterocycles. The third-order valence-electron chi connectivity index (χ3n) is 6.10. The van der Waals surface area contributed by atoms with E-state index in [0.717, 1.165) is 38.4 Å². The predicted molar refractivity (Wildman–Crippen MR) is 98.3 cm³/mol. The Bertz CT molecular complexity index is 545. The van der Waals surface area contributed by atoms with Gasteiger partial charge in [-0.15, -0.1) is 0 Å². The first-order valence-electron chi connectivity index (χ1n) is 9.73. The number of benzene rings is 1. The highest BCUT2D eigenvalue weighted by molar-refractivity contribution is 5.36. The lowest BCUT2D eigenvalue weighted by molar-refractivity contribution is 0.138. The molecule has 134 valence electrons. The number of rotatable bonds is 7. The smallest absolute Gasteiger partial charge is 0.0611 e. The van der Waals surface area contributed by atoms with E-state index in [0.29, 0.717) is 5.92 Å². The third kappa shape index (κ3) is 4.19. The fourth-order valence-corrected chi connectivity index (χ4v) is 4.55. The molecular weight excluding hydrogens is 298 g/mol. The minimum Gasteiger partial charge on any atom is -0.394 e. The third-order valence-corrected chi connectivity index (χ3v) is 6.10. The zero-order valence-electron chi connectivity index (χ0n) is 15.1. The van der Waals surface area contributed by atoms with Gasteiger partial charge in [-0.3, -0.25) is 0 Å². The maximum atomic E-state index is 9.48. The van der Waals surface area contributed by atoms with Crippen molar-refractivity contribution >= 4 is 0 Å². The van der Waals surface area contributed by atoms with Crippen molar-refractivity contribution < 1.29 is 9.84 Å². The molecular formula is C21H33NO2. The van der Waals surface area contributed by atoms with Crippen LogP contribution in [0, 0.1) is 5.92 Å². The SMILES string of the molecule is CCOCCCC1CCc2cc(C3CCC(N)(CO)C3)ccc2C1. The van der Waals surface area contributed by atoms with Crippen molar-refractivity contribution in [3.8, 4) is 0 Å². The van der Waals surface area contributed by atoms with Crippen molar-refractivity contribution in [2.45, 2.75) is 69.7 Å². The van der Waals surface area contributed by atoms with Gasteiger partial charge in [0.1, 0.15) is 0 Å². The van der Waals surface area contributed by atoms with E-state index < -0.39 is 0 Å². The molecule has 1 fully saturated rings. The fourth-order valence-electron chi connectivity index (χ4n) is 4.55. The lowest BCUT2D eigenvalue weighted by Crippen LogP contribution is -2.40. The van der Waals surface area contributed by atoms with Crippen LogP contribution in [0.3, 0.4) is 0 Å². The highest BCUT2D eigenvalue weighted by Crippen LogP contribution is 2.40. The second kappa shape index (κ2) is 7.99. The molecule has 3 heteroatoms. The first kappa shape index (κ1) is 17.9. The van der Waals surface area contributed by atoms with E-state index in [-0.39, 0.29) is 12.1 Å². The van der Waals surface area contributed by atoms with Crippen molar-refractivity contribution in [3.05, 3.63) is 34.9 Å². The number of aliphatic hydroxyl groups excluding tert-OH is 1. The number of ether oxygens (including phenoxy) is 1. The van der Waals surface area contributed by atoms with Crippen molar-refractivity contribution in [2.24, 2.45) is 11.7 Å². The van der Waals surface area contributed by atoms with Gasteiger partial charge in [-0.25, -0.2) is 0 Å². The zero-order chi connectivity index (χ0) is 17.0. The summed E-state index contributed by atoms with van der Waals surface area (Å²) in [6.45, 7) is 3.91. The Hall–Kier alpha value is -0.900. The molecule has 3 unspecified atom stereocenters. The van der Waals surface area contributed by atoms with Crippen molar-refractivity contribution in [1.82, 2.24) is 0 Å². The van der Waals surface area contributed by atoms with Gasteiger partial charge < -0.3 is 15.6 Å². The monoisotopic (exact) mass is 331 g/mol. The molecule has 0 saturated heterocycles. The van der Waals surface area contributed by atoms with Crippen molar-refractivity contribution in [3.63, 3.8) is 0 Å². The van der Waals surface area contributed by atoms with Gasteiger partial charge in [0, 0.05) is 18.8 Å². The summed E-state index contributed by atoms with van der Waals surface area (Å²) in [4.78, 5) is 0. The van der Waals surface area contributed by atoms with E-state index in [1.54, 1.807) is 11.1 Å². The van der Waals surface area contributed by atoms with Crippen LogP contribution in [0.25, 0.3) is 0 Å². The first-order valence-corrected chi connectivity index (χ1v) is 9.73. The molecule has 3 nitrogen and oxygen atoms in total. The minimum atomic E-state index is -0.355. The second-order valence-corrected chi connectivity index (χ2v) is 7.94. The van der Waals surface area contributed by atoms with Crippen LogP contribution in [0.1, 0.15) is 68.1 Å². The molecule has 1 aromatic carbocycles. The molecule has 3 rings (SSSR count). The van der Waals surface area contributed by atoms with E-state index in [2.05, 4.69) is 25.1 Å². The molecule has 0 spiro atoms. The van der Waals surface area contributed by atoms with E-state index in [1.807, 2.05) is 0 Å². The Morgan fingerprint density at radius 3 is 2.92 bits per heavy atom. The van der Waals surface area contributed by atoms with Gasteiger partial charge in [-0.05, 0) is 86.8 Å². The molecule has 1 aromatic rings. The number of aryl methyl sites for hydroxylation is 1. The van der Waals surface area contributed by atoms with Gasteiger partial charge in [0.25, 0.3) is 0 Å². The molecule has 1 saturated carbocycles. The van der Waals surface area contributed by atoms with Gasteiger partial charge >= 0.3 is 0 Å². The van der Waals surface area contributed by atoms with E-state index in [4.69, 9.17) is 10.5 Å². The standard InChI is InChI=1S/C21H33NO2/c1-2-24-11-3-4-16-5-6-18-13-19(8-7-17(18)12-16)20-9-10-21(22,14-20)15-23/h7-8,13,16,20,23H,2-6,9-12,14-15,22H2,1H3. The lowest BCUT2D eigenvalue weighted by atomic mass is 9.80. The number of hydrogen-bond acceptors (Lipinski definition) is 3. The summed E-state index contributed by atoms with van der Waals surface area (Å²) in [5, 5.41) is 9.48. The average Bonchev–Trinajstić information content (AvgIpc) is 3.01. The van der Waals surface area contributed by atoms with Crippen LogP contribution in [0.2, 0.25) is 0 Å². The van der Waals surface area contributed by atoms with Gasteiger partial charge in [0.15, 0.2) is 0 Å². The number of nitrogens with two attached hydrogens (primary N) is 1. The van der Waals surface area contributed by atoms with Crippen LogP contribution in [0.5, 0.6) is 0 Å². The fraction of sp³-hybridized carbons (Fsp3) is 0.714. The normalized spacial score (nSPS) is 29.6. The molecule has 0 bridgehead atoms. The average molecular weight is 332 g/mol. The van der Waals surface area contributed by atoms with Crippen LogP contribution in [0.15, 0.2) is 18.2 Å². The molecule has 0 amide bonds. The van der Waals surface area contributed by atoms with Gasteiger partial charge in [-0.2, -0.15) is 0 Å². The number of hydrogen-bond donors (Lipinski definition) is 2. The Morgan fingerprint density at radius 1 is 1.29 bits per heavy atom. The van der Waals surface area contributed by atoms with E-state index in [9.17, 15) is 5.11 Å². The van der Waals surface area contributed by atoms with Gasteiger partial charge in [0.2, 0.25) is 0 Å². The summed E-state index contributed by atoms with van der Waals surface area (Å²) in [5.74, 6) is 1.35.